The van der Waals surface area contributed by atoms with Crippen LogP contribution in [0.25, 0.3) is 11.1 Å². The molecule has 234 valence electrons. The Kier molecular flexibility index (Phi) is 8.23. The zero-order valence-electron chi connectivity index (χ0n) is 25.4. The van der Waals surface area contributed by atoms with E-state index in [9.17, 15) is 20.4 Å². The van der Waals surface area contributed by atoms with Crippen LogP contribution < -0.4 is 28.4 Å². The van der Waals surface area contributed by atoms with Gasteiger partial charge in [0, 0.05) is 45.8 Å². The summed E-state index contributed by atoms with van der Waals surface area (Å²) in [5.74, 6) is 0.297. The Morgan fingerprint density at radius 2 is 0.911 bits per heavy atom. The number of rotatable bonds is 10. The lowest BCUT2D eigenvalue weighted by Crippen LogP contribution is -2.21. The Morgan fingerprint density at radius 1 is 0.533 bits per heavy atom. The van der Waals surface area contributed by atoms with Gasteiger partial charge in [-0.2, -0.15) is 0 Å². The molecule has 12 nitrogen and oxygen atoms in total. The third-order valence-electron chi connectivity index (χ3n) is 7.53. The second-order valence-corrected chi connectivity index (χ2v) is 9.75. The molecule has 0 fully saturated rings. The molecule has 45 heavy (non-hydrogen) atoms. The molecule has 12 heteroatoms. The minimum Gasteiger partial charge on any atom is -0.504 e. The van der Waals surface area contributed by atoms with Gasteiger partial charge < -0.3 is 48.8 Å². The quantitative estimate of drug-likeness (QED) is 0.141. The van der Waals surface area contributed by atoms with Gasteiger partial charge in [-0.15, -0.1) is 0 Å². The first kappa shape index (κ1) is 30.7. The summed E-state index contributed by atoms with van der Waals surface area (Å²) in [5, 5.41) is 41.6. The largest absolute Gasteiger partial charge is 0.504 e. The van der Waals surface area contributed by atoms with E-state index in [0.717, 1.165) is 0 Å². The molecule has 0 saturated heterocycles. The summed E-state index contributed by atoms with van der Waals surface area (Å²) in [6.07, 6.45) is 2.72. The normalized spacial score (nSPS) is 13.0. The van der Waals surface area contributed by atoms with Crippen molar-refractivity contribution in [2.75, 3.05) is 42.7 Å². The molecule has 0 unspecified atom stereocenters. The molecule has 0 heterocycles. The minimum atomic E-state index is -1.69. The van der Waals surface area contributed by atoms with Gasteiger partial charge in [0.15, 0.2) is 46.0 Å². The summed E-state index contributed by atoms with van der Waals surface area (Å²) in [6.45, 7) is 0. The molecule has 4 aromatic rings. The van der Waals surface area contributed by atoms with Crippen molar-refractivity contribution in [1.82, 2.24) is 0 Å². The number of para-hydroxylation sites is 2. The highest BCUT2D eigenvalue weighted by Crippen LogP contribution is 2.63. The fourth-order valence-electron chi connectivity index (χ4n) is 5.45. The maximum Gasteiger partial charge on any atom is 0.203 e. The van der Waals surface area contributed by atoms with Crippen LogP contribution in [0.2, 0.25) is 0 Å². The lowest BCUT2D eigenvalue weighted by atomic mass is 9.96. The lowest BCUT2D eigenvalue weighted by Gasteiger charge is -2.25. The molecule has 4 N–H and O–H groups in total. The Labute approximate surface area is 259 Å². The fraction of sp³-hybridized carbons (Fsp3) is 0.212. The number of methoxy groups -OCH3 is 6. The van der Waals surface area contributed by atoms with Crippen molar-refractivity contribution in [1.29, 1.82) is 0 Å². The molecule has 0 aromatic heterocycles. The molecule has 5 rings (SSSR count). The summed E-state index contributed by atoms with van der Waals surface area (Å²) in [5.41, 5.74) is 0.536. The van der Waals surface area contributed by atoms with Crippen molar-refractivity contribution in [3.05, 3.63) is 70.8 Å². The maximum atomic E-state index is 10.6. The number of aromatic hydroxyl groups is 4. The van der Waals surface area contributed by atoms with Crippen molar-refractivity contribution < 1.29 is 48.8 Å². The van der Waals surface area contributed by atoms with Gasteiger partial charge in [0.25, 0.3) is 0 Å². The number of aliphatic imine (C=N–C) groups is 2. The van der Waals surface area contributed by atoms with Gasteiger partial charge in [-0.05, 0) is 36.4 Å². The molecule has 0 saturated carbocycles. The Balaban J connectivity index is 1.99. The molecular formula is C33H32N2O10. The number of hydrogen-bond donors (Lipinski definition) is 4. The molecule has 0 radical (unpaired) electrons. The molecule has 0 spiro atoms. The Hall–Kier alpha value is -5.78. The Morgan fingerprint density at radius 3 is 1.24 bits per heavy atom. The first-order valence-electron chi connectivity index (χ1n) is 13.5. The number of hydrogen-bond acceptors (Lipinski definition) is 12. The van der Waals surface area contributed by atoms with Crippen LogP contribution in [0.5, 0.6) is 57.5 Å². The number of phenols is 4. The summed E-state index contributed by atoms with van der Waals surface area (Å²) >= 11 is 0. The average Bonchev–Trinajstić information content (AvgIpc) is 3.32. The van der Waals surface area contributed by atoms with Gasteiger partial charge in [0.2, 0.25) is 17.2 Å². The lowest BCUT2D eigenvalue weighted by molar-refractivity contribution is 0.322. The second kappa shape index (κ2) is 12.1. The predicted molar refractivity (Wildman–Crippen MR) is 167 cm³/mol. The van der Waals surface area contributed by atoms with Crippen LogP contribution in [0.15, 0.2) is 58.5 Å². The Bertz CT molecular complexity index is 1700. The second-order valence-electron chi connectivity index (χ2n) is 9.75. The van der Waals surface area contributed by atoms with Gasteiger partial charge in [-0.25, -0.2) is 0 Å². The van der Waals surface area contributed by atoms with Crippen LogP contribution in [0.3, 0.4) is 0 Å². The summed E-state index contributed by atoms with van der Waals surface area (Å²) in [6, 6.07) is 12.3. The van der Waals surface area contributed by atoms with Crippen LogP contribution in [0, 0.1) is 0 Å². The van der Waals surface area contributed by atoms with Crippen molar-refractivity contribution >= 4 is 12.4 Å². The van der Waals surface area contributed by atoms with Gasteiger partial charge in [-0.1, -0.05) is 12.1 Å². The molecule has 0 aliphatic heterocycles. The van der Waals surface area contributed by atoms with Crippen LogP contribution >= 0.6 is 0 Å². The number of ether oxygens (including phenoxy) is 6. The molecule has 0 atom stereocenters. The van der Waals surface area contributed by atoms with E-state index in [-0.39, 0.29) is 45.6 Å². The van der Waals surface area contributed by atoms with E-state index >= 15 is 0 Å². The summed E-state index contributed by atoms with van der Waals surface area (Å²) in [4.78, 5) is 9.89. The van der Waals surface area contributed by atoms with Crippen molar-refractivity contribution in [3.8, 4) is 68.6 Å². The first-order chi connectivity index (χ1) is 21.7. The topological polar surface area (TPSA) is 161 Å². The fourth-order valence-corrected chi connectivity index (χ4v) is 5.45. The first-order valence-corrected chi connectivity index (χ1v) is 13.5. The van der Waals surface area contributed by atoms with Crippen molar-refractivity contribution in [2.24, 2.45) is 9.98 Å². The van der Waals surface area contributed by atoms with E-state index in [1.54, 1.807) is 36.4 Å². The zero-order chi connectivity index (χ0) is 32.5. The van der Waals surface area contributed by atoms with E-state index in [2.05, 4.69) is 0 Å². The zero-order valence-corrected chi connectivity index (χ0v) is 25.4. The predicted octanol–water partition coefficient (Wildman–Crippen LogP) is 4.98. The van der Waals surface area contributed by atoms with Gasteiger partial charge in [-0.3, -0.25) is 9.98 Å². The molecule has 1 aliphatic rings. The highest BCUT2D eigenvalue weighted by molar-refractivity contribution is 5.97. The molecule has 0 bridgehead atoms. The minimum absolute atomic E-state index is 0.194. The smallest absolute Gasteiger partial charge is 0.203 e. The van der Waals surface area contributed by atoms with Gasteiger partial charge >= 0.3 is 0 Å². The summed E-state index contributed by atoms with van der Waals surface area (Å²) in [7, 11) is 8.87. The van der Waals surface area contributed by atoms with E-state index in [4.69, 9.17) is 38.4 Å². The highest BCUT2D eigenvalue weighted by atomic mass is 16.5. The molecule has 4 aromatic carbocycles. The van der Waals surface area contributed by atoms with E-state index in [1.807, 2.05) is 0 Å². The standard InChI is InChI=1S/C33H32N2O10/c1-40-23-13-19-25(31(44-5)29(23)42-3)26-20(14-24(41-2)30(43-4)32(26)45-6)33(19,34-15-17-9-7-11-21(36)27(17)38)35-16-18-10-8-12-22(37)28(18)39/h7-16,36-39H,1-6H3/b34-15+,35-16+. The molecule has 1 aliphatic carbocycles. The number of fused-ring (bicyclic) bond motifs is 3. The number of nitrogens with zero attached hydrogens (tertiary/aromatic N) is 2. The van der Waals surface area contributed by atoms with E-state index < -0.39 is 5.66 Å². The number of benzene rings is 4. The molecule has 0 amide bonds. The van der Waals surface area contributed by atoms with Crippen LogP contribution in [0.1, 0.15) is 22.3 Å². The third-order valence-corrected chi connectivity index (χ3v) is 7.53. The van der Waals surface area contributed by atoms with E-state index in [1.165, 1.54) is 67.2 Å². The third kappa shape index (κ3) is 4.80. The van der Waals surface area contributed by atoms with Crippen LogP contribution in [-0.2, 0) is 5.66 Å². The van der Waals surface area contributed by atoms with Crippen LogP contribution in [-0.4, -0.2) is 75.5 Å². The maximum absolute atomic E-state index is 10.6. The van der Waals surface area contributed by atoms with Crippen LogP contribution in [0.4, 0.5) is 0 Å². The SMILES string of the molecule is COc1cc2c(c(OC)c1OC)-c1c(cc(OC)c(OC)c1OC)C2(/N=C/c1cccc(O)c1O)/N=C/c1cccc(O)c1O. The average molecular weight is 617 g/mol. The van der Waals surface area contributed by atoms with E-state index in [0.29, 0.717) is 45.3 Å². The van der Waals surface area contributed by atoms with Gasteiger partial charge in [0.05, 0.1) is 42.7 Å². The van der Waals surface area contributed by atoms with Gasteiger partial charge in [0.1, 0.15) is 0 Å². The monoisotopic (exact) mass is 616 g/mol. The highest BCUT2D eigenvalue weighted by Gasteiger charge is 2.49. The summed E-state index contributed by atoms with van der Waals surface area (Å²) < 4.78 is 34.7. The van der Waals surface area contributed by atoms with Crippen molar-refractivity contribution in [3.63, 3.8) is 0 Å². The van der Waals surface area contributed by atoms with Crippen molar-refractivity contribution in [2.45, 2.75) is 5.66 Å². The number of phenolic OH excluding ortho intramolecular Hbond substituents is 4. The molecular weight excluding hydrogens is 584 g/mol.